The number of carbonyl (C=O) groups is 1. The lowest BCUT2D eigenvalue weighted by molar-refractivity contribution is 0.0695. The van der Waals surface area contributed by atoms with Crippen molar-refractivity contribution >= 4 is 17.7 Å². The molecule has 2 saturated carbocycles. The van der Waals surface area contributed by atoms with Gasteiger partial charge in [-0.1, -0.05) is 11.8 Å². The van der Waals surface area contributed by atoms with Gasteiger partial charge < -0.3 is 14.1 Å². The second-order valence-electron chi connectivity index (χ2n) is 5.99. The first-order valence-electron chi connectivity index (χ1n) is 7.53. The Morgan fingerprint density at radius 3 is 2.77 bits per heavy atom. The predicted molar refractivity (Wildman–Crippen MR) is 80.2 cm³/mol. The lowest BCUT2D eigenvalue weighted by atomic mass is 10.2. The molecule has 0 amide bonds. The standard InChI is InChI=1S/C15H17N3O3S/c1-8-12(14(19)20)6-11(21-8)7-22-15-17-16-13(9-2-3-9)18(15)10-4-5-10/h6,9-10H,2-5,7H2,1H3,(H,19,20). The van der Waals surface area contributed by atoms with Crippen LogP contribution < -0.4 is 0 Å². The summed E-state index contributed by atoms with van der Waals surface area (Å²) < 4.78 is 7.81. The molecule has 0 radical (unpaired) electrons. The fraction of sp³-hybridized carbons (Fsp3) is 0.533. The number of furan rings is 1. The molecule has 2 aliphatic rings. The number of aromatic nitrogens is 3. The molecule has 0 atom stereocenters. The van der Waals surface area contributed by atoms with Gasteiger partial charge in [0.05, 0.1) is 5.75 Å². The lowest BCUT2D eigenvalue weighted by Gasteiger charge is -2.07. The van der Waals surface area contributed by atoms with Gasteiger partial charge in [0.1, 0.15) is 22.9 Å². The molecule has 2 aromatic heterocycles. The molecule has 0 unspecified atom stereocenters. The summed E-state index contributed by atoms with van der Waals surface area (Å²) in [6, 6.07) is 2.16. The Balaban J connectivity index is 1.52. The average molecular weight is 319 g/mol. The van der Waals surface area contributed by atoms with Crippen molar-refractivity contribution in [1.82, 2.24) is 14.8 Å². The minimum atomic E-state index is -0.949. The highest BCUT2D eigenvalue weighted by Gasteiger charge is 2.36. The van der Waals surface area contributed by atoms with E-state index in [1.54, 1.807) is 24.8 Å². The van der Waals surface area contributed by atoms with Gasteiger partial charge in [-0.15, -0.1) is 10.2 Å². The van der Waals surface area contributed by atoms with Gasteiger partial charge in [0, 0.05) is 12.0 Å². The lowest BCUT2D eigenvalue weighted by Crippen LogP contribution is -2.01. The van der Waals surface area contributed by atoms with Gasteiger partial charge in [-0.2, -0.15) is 0 Å². The Morgan fingerprint density at radius 1 is 1.41 bits per heavy atom. The number of rotatable bonds is 6. The van der Waals surface area contributed by atoms with Gasteiger partial charge >= 0.3 is 5.97 Å². The van der Waals surface area contributed by atoms with E-state index in [0.29, 0.717) is 29.2 Å². The molecule has 2 fully saturated rings. The van der Waals surface area contributed by atoms with E-state index in [4.69, 9.17) is 9.52 Å². The topological polar surface area (TPSA) is 81.2 Å². The van der Waals surface area contributed by atoms with E-state index in [0.717, 1.165) is 11.0 Å². The Hall–Kier alpha value is -1.76. The van der Waals surface area contributed by atoms with Gasteiger partial charge in [0.15, 0.2) is 5.16 Å². The van der Waals surface area contributed by atoms with Crippen molar-refractivity contribution in [3.63, 3.8) is 0 Å². The molecule has 2 heterocycles. The van der Waals surface area contributed by atoms with Crippen LogP contribution in [0.15, 0.2) is 15.6 Å². The van der Waals surface area contributed by atoms with Crippen LogP contribution in [-0.2, 0) is 5.75 Å². The second-order valence-corrected chi connectivity index (χ2v) is 6.94. The Kier molecular flexibility index (Phi) is 3.25. The summed E-state index contributed by atoms with van der Waals surface area (Å²) in [5, 5.41) is 18.7. The number of hydrogen-bond acceptors (Lipinski definition) is 5. The first kappa shape index (κ1) is 13.9. The Labute approximate surface area is 131 Å². The zero-order valence-electron chi connectivity index (χ0n) is 12.3. The molecule has 4 rings (SSSR count). The summed E-state index contributed by atoms with van der Waals surface area (Å²) in [5.74, 6) is 2.46. The van der Waals surface area contributed by atoms with Crippen LogP contribution in [0, 0.1) is 6.92 Å². The minimum Gasteiger partial charge on any atom is -0.478 e. The summed E-state index contributed by atoms with van der Waals surface area (Å²) in [6.45, 7) is 1.68. The summed E-state index contributed by atoms with van der Waals surface area (Å²) in [7, 11) is 0. The van der Waals surface area contributed by atoms with Crippen LogP contribution in [0.2, 0.25) is 0 Å². The van der Waals surface area contributed by atoms with E-state index in [1.165, 1.54) is 25.7 Å². The van der Waals surface area contributed by atoms with Crippen LogP contribution in [0.4, 0.5) is 0 Å². The van der Waals surface area contributed by atoms with E-state index in [1.807, 2.05) is 0 Å². The summed E-state index contributed by atoms with van der Waals surface area (Å²) in [5.41, 5.74) is 0.234. The van der Waals surface area contributed by atoms with Crippen LogP contribution in [0.25, 0.3) is 0 Å². The number of hydrogen-bond donors (Lipinski definition) is 1. The molecule has 0 aromatic carbocycles. The van der Waals surface area contributed by atoms with Gasteiger partial charge in [-0.25, -0.2) is 4.79 Å². The largest absolute Gasteiger partial charge is 0.478 e. The molecular formula is C15H17N3O3S. The maximum absolute atomic E-state index is 11.1. The molecule has 2 aliphatic carbocycles. The summed E-state index contributed by atoms with van der Waals surface area (Å²) in [6.07, 6.45) is 4.84. The normalized spacial score (nSPS) is 17.9. The van der Waals surface area contributed by atoms with Crippen LogP contribution in [0.5, 0.6) is 0 Å². The maximum Gasteiger partial charge on any atom is 0.339 e. The molecule has 0 spiro atoms. The van der Waals surface area contributed by atoms with Gasteiger partial charge in [0.2, 0.25) is 0 Å². The molecule has 7 heteroatoms. The third-order valence-corrected chi connectivity index (χ3v) is 5.05. The fourth-order valence-corrected chi connectivity index (χ4v) is 3.54. The van der Waals surface area contributed by atoms with Crippen molar-refractivity contribution in [2.75, 3.05) is 0 Å². The van der Waals surface area contributed by atoms with Gasteiger partial charge in [-0.3, -0.25) is 0 Å². The van der Waals surface area contributed by atoms with Crippen molar-refractivity contribution in [2.45, 2.75) is 55.5 Å². The SMILES string of the molecule is Cc1oc(CSc2nnc(C3CC3)n2C2CC2)cc1C(=O)O. The third kappa shape index (κ3) is 2.54. The molecular weight excluding hydrogens is 302 g/mol. The van der Waals surface area contributed by atoms with E-state index in [2.05, 4.69) is 14.8 Å². The molecule has 1 N–H and O–H groups in total. The van der Waals surface area contributed by atoms with Crippen molar-refractivity contribution in [2.24, 2.45) is 0 Å². The van der Waals surface area contributed by atoms with Crippen LogP contribution in [0.3, 0.4) is 0 Å². The number of thioether (sulfide) groups is 1. The molecule has 6 nitrogen and oxygen atoms in total. The third-order valence-electron chi connectivity index (χ3n) is 4.09. The highest BCUT2D eigenvalue weighted by Crippen LogP contribution is 2.46. The number of aryl methyl sites for hydroxylation is 1. The second kappa shape index (κ2) is 5.15. The smallest absolute Gasteiger partial charge is 0.339 e. The minimum absolute atomic E-state index is 0.234. The molecule has 0 bridgehead atoms. The highest BCUT2D eigenvalue weighted by atomic mass is 32.2. The van der Waals surface area contributed by atoms with Crippen molar-refractivity contribution < 1.29 is 14.3 Å². The zero-order chi connectivity index (χ0) is 15.3. The molecule has 116 valence electrons. The first-order chi connectivity index (χ1) is 10.6. The van der Waals surface area contributed by atoms with Gasteiger partial charge in [0.25, 0.3) is 0 Å². The first-order valence-corrected chi connectivity index (χ1v) is 8.52. The predicted octanol–water partition coefficient (Wildman–Crippen LogP) is 3.38. The molecule has 2 aromatic rings. The van der Waals surface area contributed by atoms with Crippen LogP contribution >= 0.6 is 11.8 Å². The quantitative estimate of drug-likeness (QED) is 0.822. The van der Waals surface area contributed by atoms with Crippen molar-refractivity contribution in [3.05, 3.63) is 29.0 Å². The molecule has 22 heavy (non-hydrogen) atoms. The van der Waals surface area contributed by atoms with Crippen molar-refractivity contribution in [3.8, 4) is 0 Å². The van der Waals surface area contributed by atoms with E-state index in [9.17, 15) is 4.79 Å². The van der Waals surface area contributed by atoms with E-state index >= 15 is 0 Å². The van der Waals surface area contributed by atoms with Gasteiger partial charge in [-0.05, 0) is 38.7 Å². The fourth-order valence-electron chi connectivity index (χ4n) is 2.65. The molecule has 0 aliphatic heterocycles. The van der Waals surface area contributed by atoms with Crippen molar-refractivity contribution in [1.29, 1.82) is 0 Å². The summed E-state index contributed by atoms with van der Waals surface area (Å²) in [4.78, 5) is 11.1. The highest BCUT2D eigenvalue weighted by molar-refractivity contribution is 7.98. The van der Waals surface area contributed by atoms with Crippen LogP contribution in [-0.4, -0.2) is 25.8 Å². The number of aromatic carboxylic acids is 1. The monoisotopic (exact) mass is 319 g/mol. The zero-order valence-corrected chi connectivity index (χ0v) is 13.1. The Morgan fingerprint density at radius 2 is 2.18 bits per heavy atom. The number of carboxylic acid groups (broad SMARTS) is 1. The maximum atomic E-state index is 11.1. The Bertz CT molecular complexity index is 728. The molecule has 0 saturated heterocycles. The van der Waals surface area contributed by atoms with E-state index in [-0.39, 0.29) is 5.56 Å². The van der Waals surface area contributed by atoms with E-state index < -0.39 is 5.97 Å². The average Bonchev–Trinajstić information content (AvgIpc) is 3.40. The number of nitrogens with zero attached hydrogens (tertiary/aromatic N) is 3. The number of carboxylic acids is 1. The van der Waals surface area contributed by atoms with Crippen LogP contribution in [0.1, 0.15) is 65.3 Å². The summed E-state index contributed by atoms with van der Waals surface area (Å²) >= 11 is 1.57.